The van der Waals surface area contributed by atoms with Gasteiger partial charge >= 0.3 is 0 Å². The van der Waals surface area contributed by atoms with E-state index < -0.39 is 0 Å². The van der Waals surface area contributed by atoms with Crippen molar-refractivity contribution in [2.24, 2.45) is 0 Å². The summed E-state index contributed by atoms with van der Waals surface area (Å²) in [5.41, 5.74) is 0. The molecule has 0 fully saturated rings. The zero-order valence-corrected chi connectivity index (χ0v) is 10.3. The van der Waals surface area contributed by atoms with Gasteiger partial charge in [0.05, 0.1) is 6.54 Å². The predicted molar refractivity (Wildman–Crippen MR) is 62.6 cm³/mol. The molecule has 15 heavy (non-hydrogen) atoms. The van der Waals surface area contributed by atoms with Crippen molar-refractivity contribution in [3.05, 3.63) is 18.2 Å². The Hall–Kier alpha value is -0.950. The lowest BCUT2D eigenvalue weighted by atomic mass is 10.4. The highest BCUT2D eigenvalue weighted by atomic mass is 32.2. The van der Waals surface area contributed by atoms with E-state index in [1.807, 2.05) is 22.5 Å². The molecule has 0 amide bonds. The lowest BCUT2D eigenvalue weighted by molar-refractivity contribution is -0.702. The van der Waals surface area contributed by atoms with Crippen molar-refractivity contribution in [2.45, 2.75) is 33.4 Å². The van der Waals surface area contributed by atoms with Crippen molar-refractivity contribution in [3.8, 4) is 6.07 Å². The molecule has 0 saturated heterocycles. The van der Waals surface area contributed by atoms with Gasteiger partial charge in [-0.15, -0.1) is 0 Å². The maximum absolute atomic E-state index is 8.62. The SMILES string of the molecule is CCSCCC[n+]1ccn(CC#N)c1C. The average molecular weight is 224 g/mol. The molecule has 0 unspecified atom stereocenters. The van der Waals surface area contributed by atoms with E-state index in [0.29, 0.717) is 6.54 Å². The second-order valence-electron chi connectivity index (χ2n) is 3.38. The van der Waals surface area contributed by atoms with Gasteiger partial charge < -0.3 is 0 Å². The summed E-state index contributed by atoms with van der Waals surface area (Å²) in [6.45, 7) is 5.75. The van der Waals surface area contributed by atoms with E-state index >= 15 is 0 Å². The van der Waals surface area contributed by atoms with Gasteiger partial charge in [0.1, 0.15) is 18.5 Å². The normalized spacial score (nSPS) is 10.2. The number of hydrogen-bond acceptors (Lipinski definition) is 2. The molecule has 1 heterocycles. The van der Waals surface area contributed by atoms with Gasteiger partial charge in [0.15, 0.2) is 6.54 Å². The fourth-order valence-corrected chi connectivity index (χ4v) is 2.12. The van der Waals surface area contributed by atoms with Crippen LogP contribution in [0.15, 0.2) is 12.4 Å². The molecule has 0 bridgehead atoms. The third-order valence-corrected chi connectivity index (χ3v) is 3.38. The standard InChI is InChI=1S/C11H18N3S/c1-3-15-10-4-6-13-8-9-14(7-5-12)11(13)2/h8-9H,3-4,6-7,10H2,1-2H3/q+1. The van der Waals surface area contributed by atoms with E-state index in [-0.39, 0.29) is 0 Å². The third kappa shape index (κ3) is 3.60. The molecule has 0 aliphatic heterocycles. The van der Waals surface area contributed by atoms with Gasteiger partial charge in [-0.2, -0.15) is 17.0 Å². The summed E-state index contributed by atoms with van der Waals surface area (Å²) in [7, 11) is 0. The molecule has 1 rings (SSSR count). The average Bonchev–Trinajstić information content (AvgIpc) is 2.57. The second-order valence-corrected chi connectivity index (χ2v) is 4.77. The molecular formula is C11H18N3S+. The van der Waals surface area contributed by atoms with Crippen LogP contribution in [0.3, 0.4) is 0 Å². The molecule has 0 aromatic carbocycles. The van der Waals surface area contributed by atoms with Gasteiger partial charge in [0, 0.05) is 6.92 Å². The Labute approximate surface area is 95.7 Å². The van der Waals surface area contributed by atoms with Crippen LogP contribution in [0.25, 0.3) is 0 Å². The number of aromatic nitrogens is 2. The summed E-state index contributed by atoms with van der Waals surface area (Å²) in [6, 6.07) is 2.16. The van der Waals surface area contributed by atoms with Crippen molar-refractivity contribution in [1.29, 1.82) is 5.26 Å². The van der Waals surface area contributed by atoms with Gasteiger partial charge in [-0.3, -0.25) is 0 Å². The Balaban J connectivity index is 2.44. The first-order valence-electron chi connectivity index (χ1n) is 5.29. The number of rotatable bonds is 6. The minimum atomic E-state index is 0.447. The van der Waals surface area contributed by atoms with E-state index in [2.05, 4.69) is 30.7 Å². The van der Waals surface area contributed by atoms with E-state index in [0.717, 1.165) is 12.4 Å². The first kappa shape index (κ1) is 12.1. The summed E-state index contributed by atoms with van der Waals surface area (Å²) in [5, 5.41) is 8.62. The van der Waals surface area contributed by atoms with Gasteiger partial charge in [0.2, 0.25) is 0 Å². The number of nitriles is 1. The molecule has 1 aromatic rings. The van der Waals surface area contributed by atoms with Crippen molar-refractivity contribution in [3.63, 3.8) is 0 Å². The van der Waals surface area contributed by atoms with Crippen LogP contribution in [-0.2, 0) is 13.1 Å². The van der Waals surface area contributed by atoms with Gasteiger partial charge in [-0.25, -0.2) is 9.13 Å². The minimum Gasteiger partial charge on any atom is -0.234 e. The predicted octanol–water partition coefficient (Wildman–Crippen LogP) is 1.75. The smallest absolute Gasteiger partial charge is 0.234 e. The molecule has 0 atom stereocenters. The van der Waals surface area contributed by atoms with Crippen molar-refractivity contribution in [1.82, 2.24) is 4.57 Å². The molecule has 3 nitrogen and oxygen atoms in total. The van der Waals surface area contributed by atoms with Crippen molar-refractivity contribution in [2.75, 3.05) is 11.5 Å². The van der Waals surface area contributed by atoms with Crippen LogP contribution < -0.4 is 4.57 Å². The quantitative estimate of drug-likeness (QED) is 0.545. The zero-order chi connectivity index (χ0) is 11.1. The van der Waals surface area contributed by atoms with E-state index in [1.165, 1.54) is 17.9 Å². The first-order chi connectivity index (χ1) is 7.29. The Morgan fingerprint density at radius 1 is 1.60 bits per heavy atom. The molecular weight excluding hydrogens is 206 g/mol. The molecule has 4 heteroatoms. The molecule has 0 saturated carbocycles. The van der Waals surface area contributed by atoms with Gasteiger partial charge in [-0.05, 0) is 17.9 Å². The summed E-state index contributed by atoms with van der Waals surface area (Å²) in [4.78, 5) is 0. The highest BCUT2D eigenvalue weighted by Crippen LogP contribution is 2.01. The monoisotopic (exact) mass is 224 g/mol. The highest BCUT2D eigenvalue weighted by molar-refractivity contribution is 7.99. The molecule has 82 valence electrons. The molecule has 0 N–H and O–H groups in total. The number of imidazole rings is 1. The van der Waals surface area contributed by atoms with Crippen LogP contribution >= 0.6 is 11.8 Å². The highest BCUT2D eigenvalue weighted by Gasteiger charge is 2.10. The molecule has 0 spiro atoms. The molecule has 1 aromatic heterocycles. The van der Waals surface area contributed by atoms with E-state index in [4.69, 9.17) is 5.26 Å². The topological polar surface area (TPSA) is 32.6 Å². The molecule has 0 aliphatic rings. The number of thioether (sulfide) groups is 1. The van der Waals surface area contributed by atoms with Crippen LogP contribution in [0.5, 0.6) is 0 Å². The minimum absolute atomic E-state index is 0.447. The Bertz CT molecular complexity index is 338. The first-order valence-corrected chi connectivity index (χ1v) is 6.45. The fraction of sp³-hybridized carbons (Fsp3) is 0.636. The molecule has 0 aliphatic carbocycles. The third-order valence-electron chi connectivity index (χ3n) is 2.39. The summed E-state index contributed by atoms with van der Waals surface area (Å²) in [5.74, 6) is 3.57. The number of aryl methyl sites for hydroxylation is 1. The van der Waals surface area contributed by atoms with Crippen LogP contribution in [-0.4, -0.2) is 16.1 Å². The Kier molecular flexibility index (Phi) is 5.27. The maximum atomic E-state index is 8.62. The van der Waals surface area contributed by atoms with E-state index in [1.54, 1.807) is 0 Å². The summed E-state index contributed by atoms with van der Waals surface area (Å²) in [6.07, 6.45) is 5.23. The lowest BCUT2D eigenvalue weighted by Crippen LogP contribution is -2.35. The van der Waals surface area contributed by atoms with Crippen LogP contribution in [0.1, 0.15) is 19.2 Å². The maximum Gasteiger partial charge on any atom is 0.254 e. The second kappa shape index (κ2) is 6.52. The van der Waals surface area contributed by atoms with Crippen LogP contribution in [0.2, 0.25) is 0 Å². The number of hydrogen-bond donors (Lipinski definition) is 0. The zero-order valence-electron chi connectivity index (χ0n) is 9.44. The number of nitrogens with zero attached hydrogens (tertiary/aromatic N) is 3. The summed E-state index contributed by atoms with van der Waals surface area (Å²) >= 11 is 1.98. The fourth-order valence-electron chi connectivity index (χ4n) is 1.50. The van der Waals surface area contributed by atoms with Crippen molar-refractivity contribution >= 4 is 11.8 Å². The van der Waals surface area contributed by atoms with Crippen LogP contribution in [0, 0.1) is 18.3 Å². The van der Waals surface area contributed by atoms with Gasteiger partial charge in [0.25, 0.3) is 5.82 Å². The largest absolute Gasteiger partial charge is 0.254 e. The lowest BCUT2D eigenvalue weighted by Gasteiger charge is -1.99. The van der Waals surface area contributed by atoms with Gasteiger partial charge in [-0.1, -0.05) is 6.92 Å². The molecule has 0 radical (unpaired) electrons. The van der Waals surface area contributed by atoms with Crippen LogP contribution in [0.4, 0.5) is 0 Å². The van der Waals surface area contributed by atoms with E-state index in [9.17, 15) is 0 Å². The van der Waals surface area contributed by atoms with Crippen molar-refractivity contribution < 1.29 is 4.57 Å². The Morgan fingerprint density at radius 2 is 2.40 bits per heavy atom. The Morgan fingerprint density at radius 3 is 3.07 bits per heavy atom. The summed E-state index contributed by atoms with van der Waals surface area (Å²) < 4.78 is 4.19.